The molecule has 0 spiro atoms. The summed E-state index contributed by atoms with van der Waals surface area (Å²) in [4.78, 5) is 26.0. The number of rotatable bonds is 6. The number of ether oxygens (including phenoxy) is 3. The van der Waals surface area contributed by atoms with Crippen LogP contribution in [-0.2, 0) is 6.42 Å². The van der Waals surface area contributed by atoms with E-state index in [1.807, 2.05) is 43.3 Å². The second-order valence-electron chi connectivity index (χ2n) is 8.11. The predicted octanol–water partition coefficient (Wildman–Crippen LogP) is 5.36. The zero-order valence-electron chi connectivity index (χ0n) is 19.1. The summed E-state index contributed by atoms with van der Waals surface area (Å²) >= 11 is 0. The average Bonchev–Trinajstić information content (AvgIpc) is 2.87. The van der Waals surface area contributed by atoms with Crippen molar-refractivity contribution in [3.8, 4) is 28.4 Å². The lowest BCUT2D eigenvalue weighted by Crippen LogP contribution is -2.15. The number of benzene rings is 3. The van der Waals surface area contributed by atoms with Gasteiger partial charge in [0.25, 0.3) is 0 Å². The Morgan fingerprint density at radius 1 is 0.971 bits per heavy atom. The minimum atomic E-state index is -0.128. The number of aryl methyl sites for hydroxylation is 2. The van der Waals surface area contributed by atoms with E-state index in [1.54, 1.807) is 31.2 Å². The third-order valence-corrected chi connectivity index (χ3v) is 5.92. The lowest BCUT2D eigenvalue weighted by molar-refractivity contribution is 0.0921. The smallest absolute Gasteiger partial charge is 0.200 e. The maximum Gasteiger partial charge on any atom is 0.200 e. The minimum absolute atomic E-state index is 0.0962. The Kier molecular flexibility index (Phi) is 5.80. The van der Waals surface area contributed by atoms with Crippen LogP contribution in [-0.4, -0.2) is 25.6 Å². The minimum Gasteiger partial charge on any atom is -0.486 e. The van der Waals surface area contributed by atoms with Crippen molar-refractivity contribution in [2.45, 2.75) is 20.3 Å². The molecule has 0 saturated carbocycles. The van der Waals surface area contributed by atoms with Crippen molar-refractivity contribution in [1.82, 2.24) is 0 Å². The SMILES string of the molecule is CCc1cc2c(=O)c(-c3ccc4c(c3)OCCO4)c(C)oc2cc1OCC(=O)c1ccccc1. The first kappa shape index (κ1) is 21.8. The van der Waals surface area contributed by atoms with Gasteiger partial charge in [-0.2, -0.15) is 0 Å². The molecule has 0 bridgehead atoms. The Balaban J connectivity index is 1.51. The van der Waals surface area contributed by atoms with E-state index in [0.717, 1.165) is 5.56 Å². The molecule has 0 radical (unpaired) electrons. The molecule has 1 aliphatic rings. The second kappa shape index (κ2) is 9.06. The number of Topliss-reactive ketones (excluding diaryl/α,β-unsaturated/α-hetero) is 1. The van der Waals surface area contributed by atoms with E-state index in [9.17, 15) is 9.59 Å². The molecular weight excluding hydrogens is 432 g/mol. The van der Waals surface area contributed by atoms with Gasteiger partial charge in [0.1, 0.15) is 30.3 Å². The highest BCUT2D eigenvalue weighted by atomic mass is 16.6. The van der Waals surface area contributed by atoms with Crippen LogP contribution in [0.4, 0.5) is 0 Å². The van der Waals surface area contributed by atoms with Gasteiger partial charge in [0, 0.05) is 11.6 Å². The molecule has 0 N–H and O–H groups in total. The Hall–Kier alpha value is -4.06. The molecule has 5 rings (SSSR count). The summed E-state index contributed by atoms with van der Waals surface area (Å²) in [5.74, 6) is 2.19. The summed E-state index contributed by atoms with van der Waals surface area (Å²) in [6.07, 6.45) is 0.636. The summed E-state index contributed by atoms with van der Waals surface area (Å²) < 4.78 is 23.2. The monoisotopic (exact) mass is 456 g/mol. The maximum atomic E-state index is 13.5. The van der Waals surface area contributed by atoms with Gasteiger partial charge in [-0.25, -0.2) is 0 Å². The van der Waals surface area contributed by atoms with E-state index in [-0.39, 0.29) is 17.8 Å². The maximum absolute atomic E-state index is 13.5. The van der Waals surface area contributed by atoms with Crippen LogP contribution in [0.5, 0.6) is 17.2 Å². The molecule has 4 aromatic rings. The molecule has 34 heavy (non-hydrogen) atoms. The van der Waals surface area contributed by atoms with Gasteiger partial charge in [0.15, 0.2) is 23.9 Å². The second-order valence-corrected chi connectivity index (χ2v) is 8.11. The van der Waals surface area contributed by atoms with Crippen molar-refractivity contribution < 1.29 is 23.4 Å². The summed E-state index contributed by atoms with van der Waals surface area (Å²) in [6.45, 7) is 4.62. The molecule has 172 valence electrons. The van der Waals surface area contributed by atoms with Gasteiger partial charge >= 0.3 is 0 Å². The van der Waals surface area contributed by atoms with Crippen molar-refractivity contribution >= 4 is 16.8 Å². The standard InChI is InChI=1S/C28H24O6/c1-3-18-13-21-25(15-24(18)33-16-22(29)19-7-5-4-6-8-19)34-17(2)27(28(21)30)20-9-10-23-26(14-20)32-12-11-31-23/h4-10,13-15H,3,11-12,16H2,1-2H3. The first-order valence-electron chi connectivity index (χ1n) is 11.3. The van der Waals surface area contributed by atoms with Gasteiger partial charge in [-0.3, -0.25) is 9.59 Å². The molecule has 0 fully saturated rings. The Morgan fingerprint density at radius 2 is 1.74 bits per heavy atom. The molecule has 3 aromatic carbocycles. The molecule has 0 unspecified atom stereocenters. The van der Waals surface area contributed by atoms with E-state index in [4.69, 9.17) is 18.6 Å². The van der Waals surface area contributed by atoms with Gasteiger partial charge in [-0.1, -0.05) is 43.3 Å². The molecule has 2 heterocycles. The van der Waals surface area contributed by atoms with Crippen molar-refractivity contribution in [3.63, 3.8) is 0 Å². The lowest BCUT2D eigenvalue weighted by Gasteiger charge is -2.19. The Bertz CT molecular complexity index is 1440. The number of hydrogen-bond acceptors (Lipinski definition) is 6. The van der Waals surface area contributed by atoms with E-state index in [0.29, 0.717) is 70.3 Å². The summed E-state index contributed by atoms with van der Waals surface area (Å²) in [5.41, 5.74) is 2.91. The van der Waals surface area contributed by atoms with Gasteiger partial charge in [-0.15, -0.1) is 0 Å². The molecule has 1 aliphatic heterocycles. The summed E-state index contributed by atoms with van der Waals surface area (Å²) in [6, 6.07) is 18.0. The largest absolute Gasteiger partial charge is 0.486 e. The van der Waals surface area contributed by atoms with Gasteiger partial charge < -0.3 is 18.6 Å². The number of carbonyl (C=O) groups excluding carboxylic acids is 1. The third kappa shape index (κ3) is 4.03. The number of ketones is 1. The fraction of sp³-hybridized carbons (Fsp3) is 0.214. The fourth-order valence-corrected chi connectivity index (χ4v) is 4.17. The topological polar surface area (TPSA) is 75.0 Å². The highest BCUT2D eigenvalue weighted by Crippen LogP contribution is 2.36. The predicted molar refractivity (Wildman–Crippen MR) is 129 cm³/mol. The highest BCUT2D eigenvalue weighted by molar-refractivity contribution is 5.97. The summed E-state index contributed by atoms with van der Waals surface area (Å²) in [5, 5.41) is 0.467. The molecule has 0 atom stereocenters. The van der Waals surface area contributed by atoms with E-state index in [1.165, 1.54) is 0 Å². The van der Waals surface area contributed by atoms with Crippen LogP contribution >= 0.6 is 0 Å². The van der Waals surface area contributed by atoms with Crippen molar-refractivity contribution in [1.29, 1.82) is 0 Å². The van der Waals surface area contributed by atoms with Crippen LogP contribution in [0.25, 0.3) is 22.1 Å². The van der Waals surface area contributed by atoms with E-state index in [2.05, 4.69) is 0 Å². The van der Waals surface area contributed by atoms with Gasteiger partial charge in [0.2, 0.25) is 5.43 Å². The third-order valence-electron chi connectivity index (χ3n) is 5.92. The van der Waals surface area contributed by atoms with Gasteiger partial charge in [-0.05, 0) is 42.7 Å². The highest BCUT2D eigenvalue weighted by Gasteiger charge is 2.19. The molecule has 0 saturated heterocycles. The first-order valence-corrected chi connectivity index (χ1v) is 11.3. The van der Waals surface area contributed by atoms with Crippen molar-refractivity contribution in [3.05, 3.63) is 87.8 Å². The Morgan fingerprint density at radius 3 is 2.50 bits per heavy atom. The van der Waals surface area contributed by atoms with Crippen LogP contribution in [0.2, 0.25) is 0 Å². The number of fused-ring (bicyclic) bond motifs is 2. The Labute approximate surface area is 196 Å². The zero-order valence-corrected chi connectivity index (χ0v) is 19.1. The molecule has 0 amide bonds. The average molecular weight is 456 g/mol. The fourth-order valence-electron chi connectivity index (χ4n) is 4.17. The quantitative estimate of drug-likeness (QED) is 0.364. The van der Waals surface area contributed by atoms with Crippen molar-refractivity contribution in [2.75, 3.05) is 19.8 Å². The molecule has 0 aliphatic carbocycles. The molecule has 1 aromatic heterocycles. The van der Waals surface area contributed by atoms with Crippen LogP contribution in [0, 0.1) is 6.92 Å². The van der Waals surface area contributed by atoms with Crippen LogP contribution in [0.15, 0.2) is 69.9 Å². The van der Waals surface area contributed by atoms with Crippen LogP contribution < -0.4 is 19.6 Å². The zero-order chi connectivity index (χ0) is 23.7. The van der Waals surface area contributed by atoms with E-state index >= 15 is 0 Å². The van der Waals surface area contributed by atoms with Crippen LogP contribution in [0.3, 0.4) is 0 Å². The van der Waals surface area contributed by atoms with Crippen molar-refractivity contribution in [2.24, 2.45) is 0 Å². The molecular formula is C28H24O6. The van der Waals surface area contributed by atoms with Crippen LogP contribution in [0.1, 0.15) is 28.6 Å². The first-order chi connectivity index (χ1) is 16.5. The van der Waals surface area contributed by atoms with Gasteiger partial charge in [0.05, 0.1) is 10.9 Å². The summed E-state index contributed by atoms with van der Waals surface area (Å²) in [7, 11) is 0. The van der Waals surface area contributed by atoms with E-state index < -0.39 is 0 Å². The number of carbonyl (C=O) groups is 1. The molecule has 6 nitrogen and oxygen atoms in total. The lowest BCUT2D eigenvalue weighted by atomic mass is 10.00. The normalized spacial score (nSPS) is 12.5. The molecule has 6 heteroatoms. The number of hydrogen-bond donors (Lipinski definition) is 0.